The molecule has 5 aliphatic rings. The molecule has 0 saturated heterocycles. The first kappa shape index (κ1) is 12.6. The van der Waals surface area contributed by atoms with Crippen molar-refractivity contribution in [2.24, 2.45) is 23.2 Å². The van der Waals surface area contributed by atoms with Crippen LogP contribution in [0.1, 0.15) is 51.4 Å². The Hall–Kier alpha value is -0.0800. The van der Waals surface area contributed by atoms with Gasteiger partial charge in [0, 0.05) is 25.7 Å². The third-order valence-electron chi connectivity index (χ3n) is 6.27. The summed E-state index contributed by atoms with van der Waals surface area (Å²) in [5.74, 6) is 3.30. The first-order chi connectivity index (χ1) is 9.21. The Balaban J connectivity index is 1.31. The molecular weight excluding hydrogens is 232 g/mol. The van der Waals surface area contributed by atoms with Crippen molar-refractivity contribution in [1.29, 1.82) is 0 Å². The number of hydrogen-bond acceptors (Lipinski definition) is 2. The molecule has 108 valence electrons. The monoisotopic (exact) mass is 262 g/mol. The van der Waals surface area contributed by atoms with Gasteiger partial charge < -0.3 is 10.2 Å². The highest BCUT2D eigenvalue weighted by molar-refractivity contribution is 5.02. The highest BCUT2D eigenvalue weighted by Gasteiger charge is 2.50. The number of hydrogen-bond donors (Lipinski definition) is 1. The van der Waals surface area contributed by atoms with Crippen molar-refractivity contribution in [3.05, 3.63) is 0 Å². The normalized spacial score (nSPS) is 44.2. The Kier molecular flexibility index (Phi) is 3.15. The largest absolute Gasteiger partial charge is 0.313 e. The molecule has 19 heavy (non-hydrogen) atoms. The molecule has 2 heteroatoms. The van der Waals surface area contributed by atoms with Crippen molar-refractivity contribution in [2.45, 2.75) is 57.4 Å². The maximum Gasteiger partial charge on any atom is 0.0104 e. The van der Waals surface area contributed by atoms with Crippen LogP contribution in [0.5, 0.6) is 0 Å². The van der Waals surface area contributed by atoms with Crippen molar-refractivity contribution in [3.63, 3.8) is 0 Å². The van der Waals surface area contributed by atoms with E-state index in [4.69, 9.17) is 0 Å². The van der Waals surface area contributed by atoms with Crippen LogP contribution in [0.4, 0.5) is 0 Å². The van der Waals surface area contributed by atoms with Crippen LogP contribution < -0.4 is 5.32 Å². The molecule has 5 fully saturated rings. The Morgan fingerprint density at radius 3 is 2.11 bits per heavy atom. The molecule has 0 aromatic carbocycles. The maximum atomic E-state index is 3.65. The predicted molar refractivity (Wildman–Crippen MR) is 79.1 cm³/mol. The van der Waals surface area contributed by atoms with Crippen molar-refractivity contribution < 1.29 is 0 Å². The second-order valence-electron chi connectivity index (χ2n) is 8.38. The highest BCUT2D eigenvalue weighted by atomic mass is 15.1. The SMILES string of the molecule is CN(CCNC1CC1)CC12CC3CC(CC(C3)C1)C2. The van der Waals surface area contributed by atoms with Gasteiger partial charge in [-0.1, -0.05) is 0 Å². The number of likely N-dealkylation sites (N-methyl/N-ethyl adjacent to an activating group) is 1. The Bertz CT molecular complexity index is 299. The van der Waals surface area contributed by atoms with E-state index in [0.717, 1.165) is 29.2 Å². The Morgan fingerprint density at radius 1 is 1.00 bits per heavy atom. The second kappa shape index (κ2) is 4.73. The van der Waals surface area contributed by atoms with Crippen LogP contribution in [0.15, 0.2) is 0 Å². The first-order valence-electron chi connectivity index (χ1n) is 8.63. The summed E-state index contributed by atoms with van der Waals surface area (Å²) in [4.78, 5) is 2.63. The minimum Gasteiger partial charge on any atom is -0.313 e. The number of nitrogens with zero attached hydrogens (tertiary/aromatic N) is 1. The van der Waals surface area contributed by atoms with Crippen LogP contribution >= 0.6 is 0 Å². The zero-order valence-corrected chi connectivity index (χ0v) is 12.5. The van der Waals surface area contributed by atoms with Gasteiger partial charge in [-0.25, -0.2) is 0 Å². The van der Waals surface area contributed by atoms with E-state index in [9.17, 15) is 0 Å². The fraction of sp³-hybridized carbons (Fsp3) is 1.00. The highest BCUT2D eigenvalue weighted by Crippen LogP contribution is 2.60. The van der Waals surface area contributed by atoms with Crippen LogP contribution in [0.25, 0.3) is 0 Å². The molecule has 0 unspecified atom stereocenters. The molecule has 0 aliphatic heterocycles. The molecule has 0 heterocycles. The average molecular weight is 262 g/mol. The van der Waals surface area contributed by atoms with Crippen LogP contribution in [-0.2, 0) is 0 Å². The predicted octanol–water partition coefficient (Wildman–Crippen LogP) is 2.89. The summed E-state index contributed by atoms with van der Waals surface area (Å²) < 4.78 is 0. The summed E-state index contributed by atoms with van der Waals surface area (Å²) in [5.41, 5.74) is 0.725. The van der Waals surface area contributed by atoms with Gasteiger partial charge in [-0.2, -0.15) is 0 Å². The Morgan fingerprint density at radius 2 is 1.58 bits per heavy atom. The molecule has 4 bridgehead atoms. The fourth-order valence-electron chi connectivity index (χ4n) is 5.88. The lowest BCUT2D eigenvalue weighted by Gasteiger charge is -2.57. The van der Waals surface area contributed by atoms with Gasteiger partial charge in [-0.15, -0.1) is 0 Å². The summed E-state index contributed by atoms with van der Waals surface area (Å²) in [5, 5.41) is 3.65. The molecular formula is C17H30N2. The van der Waals surface area contributed by atoms with E-state index in [1.807, 2.05) is 0 Å². The average Bonchev–Trinajstić information content (AvgIpc) is 3.10. The minimum absolute atomic E-state index is 0.725. The standard InChI is InChI=1S/C17H30N2/c1-19(5-4-18-16-2-3-16)12-17-9-13-6-14(10-17)8-15(7-13)11-17/h13-16,18H,2-12H2,1H3. The van der Waals surface area contributed by atoms with Crippen molar-refractivity contribution >= 4 is 0 Å². The van der Waals surface area contributed by atoms with Crippen molar-refractivity contribution in [2.75, 3.05) is 26.7 Å². The lowest BCUT2D eigenvalue weighted by atomic mass is 9.49. The van der Waals surface area contributed by atoms with Gasteiger partial charge in [-0.05, 0) is 81.6 Å². The van der Waals surface area contributed by atoms with Crippen LogP contribution in [0.3, 0.4) is 0 Å². The summed E-state index contributed by atoms with van der Waals surface area (Å²) in [6, 6.07) is 0.868. The lowest BCUT2D eigenvalue weighted by molar-refractivity contribution is -0.0659. The van der Waals surface area contributed by atoms with E-state index in [2.05, 4.69) is 17.3 Å². The zero-order chi connectivity index (χ0) is 12.9. The molecule has 5 rings (SSSR count). The molecule has 5 saturated carbocycles. The second-order valence-corrected chi connectivity index (χ2v) is 8.38. The summed E-state index contributed by atoms with van der Waals surface area (Å²) >= 11 is 0. The van der Waals surface area contributed by atoms with Gasteiger partial charge in [0.05, 0.1) is 0 Å². The van der Waals surface area contributed by atoms with Gasteiger partial charge in [0.25, 0.3) is 0 Å². The van der Waals surface area contributed by atoms with Gasteiger partial charge in [-0.3, -0.25) is 0 Å². The van der Waals surface area contributed by atoms with E-state index < -0.39 is 0 Å². The third kappa shape index (κ3) is 2.71. The summed E-state index contributed by atoms with van der Waals surface area (Å²) in [6.07, 6.45) is 12.2. The van der Waals surface area contributed by atoms with Crippen LogP contribution in [0.2, 0.25) is 0 Å². The van der Waals surface area contributed by atoms with Crippen molar-refractivity contribution in [1.82, 2.24) is 10.2 Å². The molecule has 0 spiro atoms. The van der Waals surface area contributed by atoms with Gasteiger partial charge in [0.2, 0.25) is 0 Å². The molecule has 2 nitrogen and oxygen atoms in total. The van der Waals surface area contributed by atoms with Gasteiger partial charge in [0.1, 0.15) is 0 Å². The molecule has 5 aliphatic carbocycles. The molecule has 1 N–H and O–H groups in total. The van der Waals surface area contributed by atoms with E-state index in [1.165, 1.54) is 32.5 Å². The molecule has 0 atom stereocenters. The van der Waals surface area contributed by atoms with E-state index in [1.54, 1.807) is 38.5 Å². The number of nitrogens with one attached hydrogen (secondary N) is 1. The molecule has 0 aromatic heterocycles. The first-order valence-corrected chi connectivity index (χ1v) is 8.63. The zero-order valence-electron chi connectivity index (χ0n) is 12.5. The van der Waals surface area contributed by atoms with Crippen molar-refractivity contribution in [3.8, 4) is 0 Å². The minimum atomic E-state index is 0.725. The summed E-state index contributed by atoms with van der Waals surface area (Å²) in [6.45, 7) is 3.83. The molecule has 0 aromatic rings. The fourth-order valence-corrected chi connectivity index (χ4v) is 5.88. The topological polar surface area (TPSA) is 15.3 Å². The van der Waals surface area contributed by atoms with Gasteiger partial charge >= 0.3 is 0 Å². The van der Waals surface area contributed by atoms with Crippen LogP contribution in [-0.4, -0.2) is 37.6 Å². The van der Waals surface area contributed by atoms with Gasteiger partial charge in [0.15, 0.2) is 0 Å². The van der Waals surface area contributed by atoms with Crippen LogP contribution in [0, 0.1) is 23.2 Å². The molecule has 0 amide bonds. The quantitative estimate of drug-likeness (QED) is 0.792. The van der Waals surface area contributed by atoms with E-state index in [-0.39, 0.29) is 0 Å². The number of rotatable bonds is 6. The smallest absolute Gasteiger partial charge is 0.0104 e. The molecule has 0 radical (unpaired) electrons. The summed E-state index contributed by atoms with van der Waals surface area (Å²) in [7, 11) is 2.35. The maximum absolute atomic E-state index is 3.65. The Labute approximate surface area is 118 Å². The van der Waals surface area contributed by atoms with E-state index >= 15 is 0 Å². The third-order valence-corrected chi connectivity index (χ3v) is 6.27. The lowest BCUT2D eigenvalue weighted by Crippen LogP contribution is -2.51. The van der Waals surface area contributed by atoms with E-state index in [0.29, 0.717) is 0 Å².